The molecule has 6 nitrogen and oxygen atoms in total. The molecule has 0 unspecified atom stereocenters. The molecule has 142 valence electrons. The minimum absolute atomic E-state index is 0.118. The number of ether oxygens (including phenoxy) is 3. The highest BCUT2D eigenvalue weighted by Crippen LogP contribution is 2.47. The summed E-state index contributed by atoms with van der Waals surface area (Å²) >= 11 is 0. The molecule has 2 saturated heterocycles. The van der Waals surface area contributed by atoms with Crippen LogP contribution in [0.4, 0.5) is 0 Å². The van der Waals surface area contributed by atoms with Gasteiger partial charge in [0.15, 0.2) is 0 Å². The molecule has 0 amide bonds. The number of aliphatic hydroxyl groups is 1. The van der Waals surface area contributed by atoms with E-state index in [2.05, 4.69) is 6.58 Å². The summed E-state index contributed by atoms with van der Waals surface area (Å²) in [5.41, 5.74) is 0.974. The molecule has 0 bridgehead atoms. The van der Waals surface area contributed by atoms with Crippen molar-refractivity contribution in [3.05, 3.63) is 35.5 Å². The fourth-order valence-corrected chi connectivity index (χ4v) is 3.70. The molecule has 2 fully saturated rings. The number of fused-ring (bicyclic) bond motifs is 2. The molecule has 1 aliphatic carbocycles. The Bertz CT molecular complexity index is 705. The SMILES string of the molecule is C=C1C(=O)O[C@@H]2/C=C(/C)[C@@H](O)C[C@H]3O[C@]3(C)C[C@@H](OC(=O)/C(C)=C/C)[C@H]12. The third kappa shape index (κ3) is 3.35. The number of epoxide rings is 1. The van der Waals surface area contributed by atoms with Crippen molar-refractivity contribution in [1.82, 2.24) is 0 Å². The molecule has 0 saturated carbocycles. The van der Waals surface area contributed by atoms with Gasteiger partial charge in [-0.15, -0.1) is 0 Å². The number of allylic oxidation sites excluding steroid dienone is 1. The highest BCUT2D eigenvalue weighted by atomic mass is 16.6. The Kier molecular flexibility index (Phi) is 4.84. The van der Waals surface area contributed by atoms with Gasteiger partial charge in [-0.05, 0) is 39.3 Å². The van der Waals surface area contributed by atoms with Crippen molar-refractivity contribution in [2.75, 3.05) is 0 Å². The molecule has 3 rings (SSSR count). The number of hydrogen-bond donors (Lipinski definition) is 1. The van der Waals surface area contributed by atoms with Crippen LogP contribution in [-0.4, -0.2) is 47.1 Å². The first-order valence-electron chi connectivity index (χ1n) is 8.94. The lowest BCUT2D eigenvalue weighted by molar-refractivity contribution is -0.148. The normalized spacial score (nSPS) is 42.1. The molecular weight excluding hydrogens is 336 g/mol. The van der Waals surface area contributed by atoms with E-state index in [9.17, 15) is 14.7 Å². The minimum Gasteiger partial charge on any atom is -0.458 e. The van der Waals surface area contributed by atoms with Gasteiger partial charge in [-0.25, -0.2) is 9.59 Å². The van der Waals surface area contributed by atoms with Gasteiger partial charge in [0, 0.05) is 24.0 Å². The highest BCUT2D eigenvalue weighted by molar-refractivity contribution is 5.92. The average Bonchev–Trinajstić information content (AvgIpc) is 3.11. The van der Waals surface area contributed by atoms with E-state index < -0.39 is 41.8 Å². The molecule has 0 aromatic rings. The zero-order valence-corrected chi connectivity index (χ0v) is 15.7. The van der Waals surface area contributed by atoms with Gasteiger partial charge in [0.25, 0.3) is 0 Å². The largest absolute Gasteiger partial charge is 0.458 e. The number of carbonyl (C=O) groups is 2. The summed E-state index contributed by atoms with van der Waals surface area (Å²) < 4.78 is 17.0. The van der Waals surface area contributed by atoms with Crippen molar-refractivity contribution < 1.29 is 28.9 Å². The number of aliphatic hydroxyl groups excluding tert-OH is 1. The molecule has 3 aliphatic rings. The summed E-state index contributed by atoms with van der Waals surface area (Å²) in [4.78, 5) is 24.5. The summed E-state index contributed by atoms with van der Waals surface area (Å²) in [6, 6.07) is 0. The predicted octanol–water partition coefficient (Wildman–Crippen LogP) is 2.22. The van der Waals surface area contributed by atoms with Crippen LogP contribution >= 0.6 is 0 Å². The number of esters is 2. The van der Waals surface area contributed by atoms with Gasteiger partial charge >= 0.3 is 11.9 Å². The Morgan fingerprint density at radius 3 is 2.85 bits per heavy atom. The predicted molar refractivity (Wildman–Crippen MR) is 94.1 cm³/mol. The second-order valence-corrected chi connectivity index (χ2v) is 7.62. The van der Waals surface area contributed by atoms with E-state index in [0.29, 0.717) is 24.0 Å². The van der Waals surface area contributed by atoms with Crippen LogP contribution < -0.4 is 0 Å². The Labute approximate surface area is 153 Å². The van der Waals surface area contributed by atoms with Crippen molar-refractivity contribution in [2.24, 2.45) is 5.92 Å². The number of rotatable bonds is 2. The average molecular weight is 362 g/mol. The fraction of sp³-hybridized carbons (Fsp3) is 0.600. The van der Waals surface area contributed by atoms with Gasteiger partial charge in [0.05, 0.1) is 23.7 Å². The van der Waals surface area contributed by atoms with Gasteiger partial charge < -0.3 is 19.3 Å². The van der Waals surface area contributed by atoms with E-state index in [0.717, 1.165) is 0 Å². The molecule has 2 aliphatic heterocycles. The van der Waals surface area contributed by atoms with Crippen molar-refractivity contribution in [3.8, 4) is 0 Å². The third-order valence-electron chi connectivity index (χ3n) is 5.71. The van der Waals surface area contributed by atoms with Gasteiger partial charge in [-0.3, -0.25) is 0 Å². The van der Waals surface area contributed by atoms with E-state index in [1.165, 1.54) is 0 Å². The van der Waals surface area contributed by atoms with Gasteiger partial charge in [-0.1, -0.05) is 12.7 Å². The Balaban J connectivity index is 1.98. The summed E-state index contributed by atoms with van der Waals surface area (Å²) in [6.45, 7) is 11.0. The molecular formula is C20H26O6. The first kappa shape index (κ1) is 18.9. The second-order valence-electron chi connectivity index (χ2n) is 7.62. The zero-order chi connectivity index (χ0) is 19.2. The Morgan fingerprint density at radius 2 is 2.19 bits per heavy atom. The first-order chi connectivity index (χ1) is 12.2. The van der Waals surface area contributed by atoms with Crippen molar-refractivity contribution >= 4 is 11.9 Å². The lowest BCUT2D eigenvalue weighted by atomic mass is 9.82. The van der Waals surface area contributed by atoms with Crippen LogP contribution in [0.15, 0.2) is 35.5 Å². The van der Waals surface area contributed by atoms with Crippen LogP contribution in [0, 0.1) is 5.92 Å². The third-order valence-corrected chi connectivity index (χ3v) is 5.71. The van der Waals surface area contributed by atoms with Gasteiger partial charge in [-0.2, -0.15) is 0 Å². The summed E-state index contributed by atoms with van der Waals surface area (Å²) in [7, 11) is 0. The molecule has 0 spiro atoms. The fourth-order valence-electron chi connectivity index (χ4n) is 3.70. The van der Waals surface area contributed by atoms with Crippen LogP contribution in [0.5, 0.6) is 0 Å². The van der Waals surface area contributed by atoms with E-state index >= 15 is 0 Å². The van der Waals surface area contributed by atoms with Gasteiger partial charge in [0.2, 0.25) is 0 Å². The van der Waals surface area contributed by atoms with Crippen LogP contribution in [0.2, 0.25) is 0 Å². The topological polar surface area (TPSA) is 85.4 Å². The lowest BCUT2D eigenvalue weighted by Gasteiger charge is -2.29. The molecule has 1 N–H and O–H groups in total. The van der Waals surface area contributed by atoms with E-state index in [4.69, 9.17) is 14.2 Å². The van der Waals surface area contributed by atoms with Crippen LogP contribution in [0.1, 0.15) is 40.5 Å². The van der Waals surface area contributed by atoms with E-state index in [1.807, 2.05) is 6.92 Å². The quantitative estimate of drug-likeness (QED) is 0.351. The van der Waals surface area contributed by atoms with Crippen molar-refractivity contribution in [1.29, 1.82) is 0 Å². The maximum atomic E-state index is 12.4. The molecule has 2 heterocycles. The molecule has 6 atom stereocenters. The Hall–Kier alpha value is -1.92. The number of carbonyl (C=O) groups excluding carboxylic acids is 2. The van der Waals surface area contributed by atoms with E-state index in [-0.39, 0.29) is 11.7 Å². The molecule has 0 aromatic carbocycles. The van der Waals surface area contributed by atoms with E-state index in [1.54, 1.807) is 32.9 Å². The highest BCUT2D eigenvalue weighted by Gasteiger charge is 2.57. The minimum atomic E-state index is -0.667. The lowest BCUT2D eigenvalue weighted by Crippen LogP contribution is -2.37. The smallest absolute Gasteiger partial charge is 0.334 e. The maximum absolute atomic E-state index is 12.4. The Morgan fingerprint density at radius 1 is 1.50 bits per heavy atom. The molecule has 26 heavy (non-hydrogen) atoms. The molecule has 6 heteroatoms. The van der Waals surface area contributed by atoms with Gasteiger partial charge in [0.1, 0.15) is 12.2 Å². The first-order valence-corrected chi connectivity index (χ1v) is 8.94. The maximum Gasteiger partial charge on any atom is 0.334 e. The monoisotopic (exact) mass is 362 g/mol. The molecule has 0 radical (unpaired) electrons. The molecule has 0 aromatic heterocycles. The standard InChI is InChI=1S/C20H26O6/c1-6-10(2)18(22)25-15-9-20(5)16(26-20)8-13(21)11(3)7-14-17(15)12(4)19(23)24-14/h6-7,13-17,21H,4,8-9H2,1-3,5H3/b10-6+,11-7-/t13-,14+,15+,16+,17+,20+/m0/s1. The zero-order valence-electron chi connectivity index (χ0n) is 15.7. The van der Waals surface area contributed by atoms with Crippen molar-refractivity contribution in [2.45, 2.75) is 70.6 Å². The van der Waals surface area contributed by atoms with Crippen LogP contribution in [0.3, 0.4) is 0 Å². The van der Waals surface area contributed by atoms with Crippen LogP contribution in [0.25, 0.3) is 0 Å². The number of hydrogen-bond acceptors (Lipinski definition) is 6. The second kappa shape index (κ2) is 6.67. The summed E-state index contributed by atoms with van der Waals surface area (Å²) in [6.07, 6.45) is 2.29. The van der Waals surface area contributed by atoms with Crippen LogP contribution in [-0.2, 0) is 23.8 Å². The summed E-state index contributed by atoms with van der Waals surface area (Å²) in [5.74, 6) is -1.43. The summed E-state index contributed by atoms with van der Waals surface area (Å²) in [5, 5.41) is 10.4. The van der Waals surface area contributed by atoms with Crippen molar-refractivity contribution in [3.63, 3.8) is 0 Å².